The first-order valence-corrected chi connectivity index (χ1v) is 6.76. The van der Waals surface area contributed by atoms with E-state index in [-0.39, 0.29) is 5.56 Å². The van der Waals surface area contributed by atoms with Crippen LogP contribution in [0.15, 0.2) is 42.7 Å². The number of carboxylic acid groups (broad SMARTS) is 1. The van der Waals surface area contributed by atoms with E-state index in [1.54, 1.807) is 24.5 Å². The predicted molar refractivity (Wildman–Crippen MR) is 82.1 cm³/mol. The minimum absolute atomic E-state index is 0.202. The largest absolute Gasteiger partial charge is 0.478 e. The lowest BCUT2D eigenvalue weighted by Gasteiger charge is -2.18. The summed E-state index contributed by atoms with van der Waals surface area (Å²) in [4.78, 5) is 17.4. The number of carbonyl (C=O) groups is 1. The van der Waals surface area contributed by atoms with Crippen LogP contribution in [0.4, 0.5) is 5.69 Å². The maximum absolute atomic E-state index is 11.3. The quantitative estimate of drug-likeness (QED) is 0.794. The third kappa shape index (κ3) is 4.03. The Morgan fingerprint density at radius 2 is 2.00 bits per heavy atom. The van der Waals surface area contributed by atoms with Crippen molar-refractivity contribution in [1.82, 2.24) is 9.88 Å². The van der Waals surface area contributed by atoms with E-state index in [2.05, 4.69) is 9.88 Å². The molecule has 0 radical (unpaired) electrons. The van der Waals surface area contributed by atoms with E-state index in [0.29, 0.717) is 12.2 Å². The van der Waals surface area contributed by atoms with Crippen molar-refractivity contribution in [3.05, 3.63) is 59.4 Å². The van der Waals surface area contributed by atoms with Gasteiger partial charge in [-0.3, -0.25) is 4.98 Å². The molecule has 0 atom stereocenters. The van der Waals surface area contributed by atoms with Crippen LogP contribution in [-0.2, 0) is 13.0 Å². The second-order valence-electron chi connectivity index (χ2n) is 5.03. The van der Waals surface area contributed by atoms with Crippen LogP contribution in [0.5, 0.6) is 0 Å². The van der Waals surface area contributed by atoms with E-state index < -0.39 is 5.97 Å². The van der Waals surface area contributed by atoms with E-state index in [4.69, 9.17) is 5.73 Å². The number of carboxylic acids is 1. The fraction of sp³-hybridized carbons (Fsp3) is 0.250. The number of nitrogen functional groups attached to an aromatic ring is 1. The molecule has 110 valence electrons. The molecule has 0 unspecified atom stereocenters. The monoisotopic (exact) mass is 285 g/mol. The summed E-state index contributed by atoms with van der Waals surface area (Å²) >= 11 is 0. The summed E-state index contributed by atoms with van der Waals surface area (Å²) in [6.07, 6.45) is 4.44. The summed E-state index contributed by atoms with van der Waals surface area (Å²) in [6.45, 7) is 1.38. The van der Waals surface area contributed by atoms with E-state index in [1.165, 1.54) is 5.56 Å². The molecule has 0 bridgehead atoms. The second-order valence-corrected chi connectivity index (χ2v) is 5.03. The highest BCUT2D eigenvalue weighted by atomic mass is 16.4. The Bertz CT molecular complexity index is 614. The Balaban J connectivity index is 2.01. The molecule has 0 aliphatic carbocycles. The normalized spacial score (nSPS) is 10.8. The van der Waals surface area contributed by atoms with Gasteiger partial charge in [0.15, 0.2) is 0 Å². The topological polar surface area (TPSA) is 79.5 Å². The molecular weight excluding hydrogens is 266 g/mol. The number of nitrogens with zero attached hydrogens (tertiary/aromatic N) is 2. The first-order chi connectivity index (χ1) is 10.1. The van der Waals surface area contributed by atoms with Crippen molar-refractivity contribution in [1.29, 1.82) is 0 Å². The third-order valence-corrected chi connectivity index (χ3v) is 3.37. The molecule has 0 fully saturated rings. The van der Waals surface area contributed by atoms with Crippen molar-refractivity contribution in [3.63, 3.8) is 0 Å². The average molecular weight is 285 g/mol. The third-order valence-electron chi connectivity index (χ3n) is 3.37. The van der Waals surface area contributed by atoms with E-state index >= 15 is 0 Å². The Morgan fingerprint density at radius 1 is 1.29 bits per heavy atom. The van der Waals surface area contributed by atoms with Gasteiger partial charge in [-0.15, -0.1) is 0 Å². The smallest absolute Gasteiger partial charge is 0.338 e. The highest BCUT2D eigenvalue weighted by molar-refractivity contribution is 5.95. The van der Waals surface area contributed by atoms with E-state index in [9.17, 15) is 9.90 Å². The van der Waals surface area contributed by atoms with Crippen molar-refractivity contribution in [3.8, 4) is 0 Å². The van der Waals surface area contributed by atoms with Crippen LogP contribution < -0.4 is 5.73 Å². The molecule has 5 heteroatoms. The molecule has 0 spiro atoms. The highest BCUT2D eigenvalue weighted by Crippen LogP contribution is 2.18. The van der Waals surface area contributed by atoms with Gasteiger partial charge in [0.25, 0.3) is 0 Å². The summed E-state index contributed by atoms with van der Waals surface area (Å²) in [5.41, 5.74) is 8.21. The molecule has 21 heavy (non-hydrogen) atoms. The number of anilines is 1. The number of benzene rings is 1. The lowest BCUT2D eigenvalue weighted by atomic mass is 10.0. The van der Waals surface area contributed by atoms with Gasteiger partial charge >= 0.3 is 5.97 Å². The second kappa shape index (κ2) is 6.85. The molecule has 1 aromatic carbocycles. The molecule has 1 heterocycles. The van der Waals surface area contributed by atoms with Crippen LogP contribution in [-0.4, -0.2) is 34.6 Å². The molecule has 0 saturated carbocycles. The van der Waals surface area contributed by atoms with Gasteiger partial charge in [0.1, 0.15) is 0 Å². The number of pyridine rings is 1. The van der Waals surface area contributed by atoms with Gasteiger partial charge in [-0.1, -0.05) is 12.1 Å². The van der Waals surface area contributed by atoms with Crippen molar-refractivity contribution >= 4 is 11.7 Å². The number of likely N-dealkylation sites (N-methyl/N-ethyl adjacent to an activating group) is 1. The molecule has 0 amide bonds. The number of rotatable bonds is 6. The molecule has 5 nitrogen and oxygen atoms in total. The molecule has 0 aliphatic heterocycles. The van der Waals surface area contributed by atoms with Crippen LogP contribution in [0.3, 0.4) is 0 Å². The van der Waals surface area contributed by atoms with Crippen molar-refractivity contribution < 1.29 is 9.90 Å². The van der Waals surface area contributed by atoms with Crippen LogP contribution in [0, 0.1) is 0 Å². The van der Waals surface area contributed by atoms with Gasteiger partial charge in [0, 0.05) is 31.2 Å². The minimum Gasteiger partial charge on any atom is -0.478 e. The van der Waals surface area contributed by atoms with Gasteiger partial charge in [-0.25, -0.2) is 4.79 Å². The lowest BCUT2D eigenvalue weighted by Crippen LogP contribution is -2.22. The lowest BCUT2D eigenvalue weighted by molar-refractivity contribution is 0.0696. The van der Waals surface area contributed by atoms with Crippen LogP contribution in [0.25, 0.3) is 0 Å². The zero-order chi connectivity index (χ0) is 15.2. The average Bonchev–Trinajstić information content (AvgIpc) is 2.46. The van der Waals surface area contributed by atoms with E-state index in [0.717, 1.165) is 18.5 Å². The van der Waals surface area contributed by atoms with Crippen molar-refractivity contribution in [2.45, 2.75) is 13.0 Å². The maximum Gasteiger partial charge on any atom is 0.338 e. The number of nitrogens with two attached hydrogens (primary N) is 1. The summed E-state index contributed by atoms with van der Waals surface area (Å²) in [5.74, 6) is -0.981. The number of hydrogen-bond acceptors (Lipinski definition) is 4. The standard InChI is InChI=1S/C16H19N3O2/c1-19(10-7-12-5-8-18-9-6-12)11-13-3-2-4-14(17)15(13)16(20)21/h2-6,8-9H,7,10-11,17H2,1H3,(H,20,21). The summed E-state index contributed by atoms with van der Waals surface area (Å²) in [5, 5.41) is 9.26. The summed E-state index contributed by atoms with van der Waals surface area (Å²) < 4.78 is 0. The zero-order valence-corrected chi connectivity index (χ0v) is 12.0. The SMILES string of the molecule is CN(CCc1ccncc1)Cc1cccc(N)c1C(=O)O. The fourth-order valence-corrected chi connectivity index (χ4v) is 2.25. The van der Waals surface area contributed by atoms with E-state index in [1.807, 2.05) is 25.2 Å². The van der Waals surface area contributed by atoms with Crippen molar-refractivity contribution in [2.24, 2.45) is 0 Å². The highest BCUT2D eigenvalue weighted by Gasteiger charge is 2.14. The molecule has 1 aromatic heterocycles. The molecule has 2 rings (SSSR count). The van der Waals surface area contributed by atoms with Crippen molar-refractivity contribution in [2.75, 3.05) is 19.3 Å². The Kier molecular flexibility index (Phi) is 4.90. The van der Waals surface area contributed by atoms with Gasteiger partial charge in [0.05, 0.1) is 5.56 Å². The predicted octanol–water partition coefficient (Wildman–Crippen LogP) is 2.04. The first kappa shape index (κ1) is 15.0. The zero-order valence-electron chi connectivity index (χ0n) is 12.0. The Labute approximate surface area is 124 Å². The summed E-state index contributed by atoms with van der Waals surface area (Å²) in [7, 11) is 1.97. The Morgan fingerprint density at radius 3 is 2.67 bits per heavy atom. The summed E-state index contributed by atoms with van der Waals surface area (Å²) in [6, 6.07) is 9.18. The number of aromatic carboxylic acids is 1. The van der Waals surface area contributed by atoms with Gasteiger partial charge in [-0.05, 0) is 42.8 Å². The van der Waals surface area contributed by atoms with Crippen LogP contribution >= 0.6 is 0 Å². The van der Waals surface area contributed by atoms with Crippen LogP contribution in [0.2, 0.25) is 0 Å². The number of hydrogen-bond donors (Lipinski definition) is 2. The number of aromatic nitrogens is 1. The Hall–Kier alpha value is -2.40. The molecule has 2 aromatic rings. The molecule has 0 aliphatic rings. The molecular formula is C16H19N3O2. The van der Waals surface area contributed by atoms with Gasteiger partial charge < -0.3 is 15.7 Å². The maximum atomic E-state index is 11.3. The molecule has 3 N–H and O–H groups in total. The first-order valence-electron chi connectivity index (χ1n) is 6.76. The minimum atomic E-state index is -0.981. The fourth-order valence-electron chi connectivity index (χ4n) is 2.25. The van der Waals surface area contributed by atoms with Crippen LogP contribution in [0.1, 0.15) is 21.5 Å². The van der Waals surface area contributed by atoms with Gasteiger partial charge in [-0.2, -0.15) is 0 Å². The van der Waals surface area contributed by atoms with Gasteiger partial charge in [0.2, 0.25) is 0 Å². The molecule has 0 saturated heterocycles.